The first-order valence-corrected chi connectivity index (χ1v) is 8.80. The third-order valence-corrected chi connectivity index (χ3v) is 7.01. The van der Waals surface area contributed by atoms with E-state index < -0.39 is 0 Å². The molecule has 122 valence electrons. The molecule has 3 N–H and O–H groups in total. The van der Waals surface area contributed by atoms with Gasteiger partial charge in [0.25, 0.3) is 0 Å². The minimum atomic E-state index is 0.148. The summed E-state index contributed by atoms with van der Waals surface area (Å²) in [5.74, 6) is 1.19. The monoisotopic (exact) mass is 308 g/mol. The molecule has 0 saturated heterocycles. The van der Waals surface area contributed by atoms with Crippen LogP contribution in [0.4, 0.5) is 0 Å². The number of nitrogens with one attached hydrogen (secondary N) is 1. The average Bonchev–Trinajstić information content (AvgIpc) is 2.97. The molecule has 2 aliphatic carbocycles. The van der Waals surface area contributed by atoms with Crippen LogP contribution in [0.3, 0.4) is 0 Å². The maximum atomic E-state index is 4.21. The van der Waals surface area contributed by atoms with Gasteiger partial charge in [0.1, 0.15) is 0 Å². The van der Waals surface area contributed by atoms with Crippen molar-refractivity contribution in [3.05, 3.63) is 55.2 Å². The number of rotatable bonds is 2. The van der Waals surface area contributed by atoms with E-state index in [0.717, 1.165) is 0 Å². The number of hydrogen-bond donors (Lipinski definition) is 2. The molecule has 0 unspecified atom stereocenters. The molecule has 2 aromatic rings. The number of aromatic amines is 1. The third-order valence-electron chi connectivity index (χ3n) is 7.01. The Morgan fingerprint density at radius 3 is 2.83 bits per heavy atom. The molecule has 0 bridgehead atoms. The zero-order chi connectivity index (χ0) is 16.4. The van der Waals surface area contributed by atoms with Crippen LogP contribution in [0.15, 0.2) is 37.1 Å². The molecule has 2 aliphatic rings. The van der Waals surface area contributed by atoms with Gasteiger partial charge in [-0.1, -0.05) is 39.0 Å². The molecule has 1 saturated carbocycles. The van der Waals surface area contributed by atoms with E-state index in [1.54, 1.807) is 0 Å². The molecule has 0 amide bonds. The number of nitrogens with two attached hydrogens (primary N) is 1. The molecule has 23 heavy (non-hydrogen) atoms. The molecule has 2 heteroatoms. The Bertz CT molecular complexity index is 769. The van der Waals surface area contributed by atoms with E-state index in [1.807, 2.05) is 0 Å². The summed E-state index contributed by atoms with van der Waals surface area (Å²) in [6, 6.07) is 7.18. The molecule has 2 nitrogen and oxygen atoms in total. The van der Waals surface area contributed by atoms with Gasteiger partial charge in [-0.15, -0.1) is 6.58 Å². The maximum absolute atomic E-state index is 4.21. The van der Waals surface area contributed by atoms with Gasteiger partial charge in [0.2, 0.25) is 0 Å². The first-order valence-electron chi connectivity index (χ1n) is 8.80. The number of quaternary nitrogens is 1. The van der Waals surface area contributed by atoms with Crippen LogP contribution in [0.1, 0.15) is 50.7 Å². The predicted molar refractivity (Wildman–Crippen MR) is 96.2 cm³/mol. The first kappa shape index (κ1) is 15.0. The van der Waals surface area contributed by atoms with Gasteiger partial charge in [-0.3, -0.25) is 0 Å². The van der Waals surface area contributed by atoms with Gasteiger partial charge >= 0.3 is 0 Å². The Morgan fingerprint density at radius 2 is 2.13 bits per heavy atom. The number of hydrogen-bond acceptors (Lipinski definition) is 0. The third kappa shape index (κ3) is 1.79. The zero-order valence-corrected chi connectivity index (χ0v) is 14.5. The van der Waals surface area contributed by atoms with Crippen LogP contribution in [-0.2, 0) is 5.41 Å². The van der Waals surface area contributed by atoms with Gasteiger partial charge < -0.3 is 10.3 Å². The fourth-order valence-electron chi connectivity index (χ4n) is 5.56. The Morgan fingerprint density at radius 1 is 1.35 bits per heavy atom. The van der Waals surface area contributed by atoms with Gasteiger partial charge in [0.15, 0.2) is 0 Å². The lowest BCUT2D eigenvalue weighted by molar-refractivity contribution is -0.654. The van der Waals surface area contributed by atoms with Crippen molar-refractivity contribution in [1.82, 2.24) is 4.98 Å². The fraction of sp³-hybridized carbons (Fsp3) is 0.476. The smallest absolute Gasteiger partial charge is 0.0782 e. The Balaban J connectivity index is 2.00. The normalized spacial score (nSPS) is 35.0. The summed E-state index contributed by atoms with van der Waals surface area (Å²) in [7, 11) is 4.21. The van der Waals surface area contributed by atoms with Gasteiger partial charge in [-0.05, 0) is 41.4 Å². The molecule has 1 fully saturated rings. The van der Waals surface area contributed by atoms with Crippen molar-refractivity contribution in [1.29, 1.82) is 0 Å². The van der Waals surface area contributed by atoms with Crippen molar-refractivity contribution in [2.75, 3.05) is 0 Å². The molecule has 0 radical (unpaired) electrons. The molecule has 4 atom stereocenters. The zero-order valence-electron chi connectivity index (χ0n) is 14.5. The van der Waals surface area contributed by atoms with Crippen molar-refractivity contribution in [2.45, 2.75) is 51.0 Å². The maximum Gasteiger partial charge on any atom is 0.0782 e. The summed E-state index contributed by atoms with van der Waals surface area (Å²) in [6.07, 6.45) is 6.89. The minimum absolute atomic E-state index is 0.148. The molecule has 1 heterocycles. The number of aromatic nitrogens is 1. The van der Waals surface area contributed by atoms with Crippen molar-refractivity contribution >= 4 is 10.9 Å². The van der Waals surface area contributed by atoms with Gasteiger partial charge in [0.05, 0.1) is 6.04 Å². The Kier molecular flexibility index (Phi) is 3.09. The van der Waals surface area contributed by atoms with E-state index in [-0.39, 0.29) is 10.8 Å². The van der Waals surface area contributed by atoms with E-state index in [9.17, 15) is 0 Å². The highest BCUT2D eigenvalue weighted by molar-refractivity contribution is 5.89. The Hall–Kier alpha value is -1.54. The topological polar surface area (TPSA) is 32.4 Å². The first-order chi connectivity index (χ1) is 10.9. The molecule has 0 spiro atoms. The lowest BCUT2D eigenvalue weighted by Gasteiger charge is -2.54. The summed E-state index contributed by atoms with van der Waals surface area (Å²) in [5.41, 5.74) is 4.63. The largest absolute Gasteiger partial charge is 0.475 e. The van der Waals surface area contributed by atoms with Crippen LogP contribution < -0.4 is 5.32 Å². The lowest BCUT2D eigenvalue weighted by Crippen LogP contribution is -2.90. The van der Waals surface area contributed by atoms with Crippen LogP contribution >= 0.6 is 0 Å². The van der Waals surface area contributed by atoms with E-state index in [4.69, 9.17) is 0 Å². The molecular weight excluding hydrogens is 280 g/mol. The number of benzene rings is 1. The van der Waals surface area contributed by atoms with E-state index in [1.165, 1.54) is 34.9 Å². The predicted octanol–water partition coefficient (Wildman–Crippen LogP) is 3.87. The van der Waals surface area contributed by atoms with E-state index in [0.29, 0.717) is 17.9 Å². The van der Waals surface area contributed by atoms with Crippen LogP contribution in [0.5, 0.6) is 0 Å². The lowest BCUT2D eigenvalue weighted by atomic mass is 9.51. The van der Waals surface area contributed by atoms with Crippen molar-refractivity contribution < 1.29 is 5.32 Å². The molecule has 1 aromatic heterocycles. The van der Waals surface area contributed by atoms with Gasteiger partial charge in [-0.2, -0.15) is 7.05 Å². The van der Waals surface area contributed by atoms with Crippen LogP contribution in [0, 0.1) is 18.4 Å². The highest BCUT2D eigenvalue weighted by Gasteiger charge is 2.54. The summed E-state index contributed by atoms with van der Waals surface area (Å²) >= 11 is 0. The quantitative estimate of drug-likeness (QED) is 0.624. The second-order valence-corrected chi connectivity index (χ2v) is 8.34. The fourth-order valence-corrected chi connectivity index (χ4v) is 5.56. The summed E-state index contributed by atoms with van der Waals surface area (Å²) in [4.78, 5) is 3.52. The van der Waals surface area contributed by atoms with Crippen molar-refractivity contribution in [2.24, 2.45) is 11.3 Å². The summed E-state index contributed by atoms with van der Waals surface area (Å²) in [5, 5.41) is 3.65. The highest BCUT2D eigenvalue weighted by Crippen LogP contribution is 2.58. The van der Waals surface area contributed by atoms with Gasteiger partial charge in [0, 0.05) is 28.4 Å². The van der Waals surface area contributed by atoms with E-state index in [2.05, 4.69) is 75.2 Å². The van der Waals surface area contributed by atoms with Crippen molar-refractivity contribution in [3.63, 3.8) is 0 Å². The summed E-state index contributed by atoms with van der Waals surface area (Å²) < 4.78 is 0. The molecule has 0 aliphatic heterocycles. The number of H-pyrrole nitrogens is 1. The van der Waals surface area contributed by atoms with Crippen LogP contribution in [-0.4, -0.2) is 11.0 Å². The highest BCUT2D eigenvalue weighted by atomic mass is 14.9. The second-order valence-electron chi connectivity index (χ2n) is 8.34. The second kappa shape index (κ2) is 4.73. The summed E-state index contributed by atoms with van der Waals surface area (Å²) in [6.45, 7) is 11.4. The van der Waals surface area contributed by atoms with Crippen molar-refractivity contribution in [3.8, 4) is 0 Å². The molecular formula is C21H28N2. The minimum Gasteiger partial charge on any atom is -0.475 e. The average molecular weight is 308 g/mol. The van der Waals surface area contributed by atoms with Crippen LogP contribution in [0.25, 0.3) is 10.9 Å². The van der Waals surface area contributed by atoms with E-state index >= 15 is 0 Å². The Labute approximate surface area is 139 Å². The molecule has 4 rings (SSSR count). The number of fused-ring (bicyclic) bond motifs is 2. The van der Waals surface area contributed by atoms with Gasteiger partial charge in [-0.25, -0.2) is 0 Å². The standard InChI is InChI=1S/C21H28N2/c1-6-21(4)11-10-15-18(19(21)22-5)13-12-23-16-9-7-8-14(17(13)16)20(15,2)3/h6-9,12,15,18-19,23H,1,5,10-11,22H2,2-4H3/t15-,18-,19+,21-/m0/s1. The SMILES string of the molecule is C=C[C@@]1(C)CC[C@H]2[C@H](c3c[nH]c4cccc(c34)C2(C)C)[C@H]1[NH2+][CH2-]. The van der Waals surface area contributed by atoms with Crippen LogP contribution in [0.2, 0.25) is 0 Å². The molecule has 1 aromatic carbocycles.